The van der Waals surface area contributed by atoms with Crippen molar-refractivity contribution in [1.82, 2.24) is 30.4 Å². The van der Waals surface area contributed by atoms with Crippen LogP contribution in [0.4, 0.5) is 0 Å². The number of amides is 1. The highest BCUT2D eigenvalue weighted by Gasteiger charge is 2.13. The Morgan fingerprint density at radius 3 is 2.68 bits per heavy atom. The molecule has 2 aromatic carbocycles. The maximum absolute atomic E-state index is 12.4. The Morgan fingerprint density at radius 2 is 1.97 bits per heavy atom. The summed E-state index contributed by atoms with van der Waals surface area (Å²) >= 11 is 12.9. The molecule has 2 N–H and O–H groups in total. The van der Waals surface area contributed by atoms with Gasteiger partial charge in [-0.1, -0.05) is 60.2 Å². The summed E-state index contributed by atoms with van der Waals surface area (Å²) in [6.45, 7) is 4.42. The molecule has 0 spiro atoms. The third-order valence-corrected chi connectivity index (χ3v) is 6.13. The average molecular weight is 471 g/mol. The number of halogens is 1. The topological polar surface area (TPSA) is 84.2 Å². The van der Waals surface area contributed by atoms with Crippen molar-refractivity contribution in [1.29, 1.82) is 0 Å². The fraction of sp³-hybridized carbons (Fsp3) is 0.190. The molecule has 4 rings (SSSR count). The van der Waals surface area contributed by atoms with Gasteiger partial charge in [-0.25, -0.2) is 0 Å². The highest BCUT2D eigenvalue weighted by Crippen LogP contribution is 2.25. The smallest absolute Gasteiger partial charge is 0.258 e. The molecule has 0 fully saturated rings. The van der Waals surface area contributed by atoms with Gasteiger partial charge in [0.25, 0.3) is 5.91 Å². The summed E-state index contributed by atoms with van der Waals surface area (Å²) in [4.78, 5) is 13.1. The van der Waals surface area contributed by atoms with E-state index in [1.165, 1.54) is 11.3 Å². The van der Waals surface area contributed by atoms with Crippen molar-refractivity contribution in [3.8, 4) is 10.6 Å². The number of fused-ring (bicyclic) bond motifs is 1. The number of aryl methyl sites for hydroxylation is 2. The second kappa shape index (κ2) is 9.09. The van der Waals surface area contributed by atoms with E-state index >= 15 is 0 Å². The van der Waals surface area contributed by atoms with Crippen LogP contribution in [0.2, 0.25) is 5.02 Å². The summed E-state index contributed by atoms with van der Waals surface area (Å²) in [7, 11) is 0. The van der Waals surface area contributed by atoms with Crippen LogP contribution in [-0.4, -0.2) is 30.8 Å². The molecule has 10 heteroatoms. The fourth-order valence-electron chi connectivity index (χ4n) is 2.96. The van der Waals surface area contributed by atoms with Crippen molar-refractivity contribution >= 4 is 51.1 Å². The monoisotopic (exact) mass is 470 g/mol. The van der Waals surface area contributed by atoms with Crippen LogP contribution < -0.4 is 10.6 Å². The maximum Gasteiger partial charge on any atom is 0.258 e. The minimum atomic E-state index is -0.340. The summed E-state index contributed by atoms with van der Waals surface area (Å²) in [6.07, 6.45) is 0.779. The minimum absolute atomic E-state index is 0.242. The molecular weight excluding hydrogens is 452 g/mol. The van der Waals surface area contributed by atoms with Crippen molar-refractivity contribution < 1.29 is 4.79 Å². The van der Waals surface area contributed by atoms with Gasteiger partial charge in [0, 0.05) is 18.5 Å². The van der Waals surface area contributed by atoms with Crippen molar-refractivity contribution in [3.63, 3.8) is 0 Å². The lowest BCUT2D eigenvalue weighted by Gasteiger charge is -2.11. The summed E-state index contributed by atoms with van der Waals surface area (Å²) in [5, 5.41) is 20.1. The van der Waals surface area contributed by atoms with E-state index in [0.29, 0.717) is 17.1 Å². The van der Waals surface area contributed by atoms with E-state index in [1.807, 2.05) is 44.2 Å². The molecule has 0 aliphatic rings. The Morgan fingerprint density at radius 1 is 1.19 bits per heavy atom. The van der Waals surface area contributed by atoms with Crippen molar-refractivity contribution in [2.24, 2.45) is 0 Å². The van der Waals surface area contributed by atoms with Gasteiger partial charge in [0.15, 0.2) is 10.9 Å². The predicted molar refractivity (Wildman–Crippen MR) is 127 cm³/mol. The van der Waals surface area contributed by atoms with E-state index in [9.17, 15) is 4.79 Å². The zero-order chi connectivity index (χ0) is 22.0. The lowest BCUT2D eigenvalue weighted by molar-refractivity contribution is 0.0977. The van der Waals surface area contributed by atoms with Gasteiger partial charge in [-0.05, 0) is 42.4 Å². The Labute approximate surface area is 193 Å². The Hall–Kier alpha value is -2.88. The molecule has 158 valence electrons. The number of rotatable bonds is 5. The van der Waals surface area contributed by atoms with Crippen LogP contribution in [0.25, 0.3) is 15.5 Å². The first kappa shape index (κ1) is 21.4. The largest absolute Gasteiger partial charge is 0.358 e. The number of carbonyl (C=O) groups excluding carboxylic acids is 1. The summed E-state index contributed by atoms with van der Waals surface area (Å²) in [5.74, 6) is 0.508. The van der Waals surface area contributed by atoms with Gasteiger partial charge in [-0.15, -0.1) is 10.2 Å². The van der Waals surface area contributed by atoms with E-state index in [-0.39, 0.29) is 11.0 Å². The molecule has 0 bridgehead atoms. The first-order chi connectivity index (χ1) is 14.9. The zero-order valence-corrected chi connectivity index (χ0v) is 19.2. The van der Waals surface area contributed by atoms with Gasteiger partial charge in [0.05, 0.1) is 10.6 Å². The molecular formula is C21H19ClN6OS2. The average Bonchev–Trinajstić information content (AvgIpc) is 3.33. The van der Waals surface area contributed by atoms with E-state index in [1.54, 1.807) is 16.6 Å². The minimum Gasteiger partial charge on any atom is -0.358 e. The highest BCUT2D eigenvalue weighted by atomic mass is 35.5. The lowest BCUT2D eigenvalue weighted by Crippen LogP contribution is -2.38. The molecule has 2 aromatic heterocycles. The van der Waals surface area contributed by atoms with E-state index in [4.69, 9.17) is 23.8 Å². The molecule has 2 heterocycles. The number of hydrogen-bond donors (Lipinski definition) is 2. The third-order valence-electron chi connectivity index (χ3n) is 4.62. The molecule has 7 nitrogen and oxygen atoms in total. The number of carbonyl (C=O) groups is 1. The summed E-state index contributed by atoms with van der Waals surface area (Å²) < 4.78 is 1.79. The van der Waals surface area contributed by atoms with E-state index in [2.05, 4.69) is 25.9 Å². The molecule has 31 heavy (non-hydrogen) atoms. The Balaban J connectivity index is 1.35. The van der Waals surface area contributed by atoms with Gasteiger partial charge in [0.1, 0.15) is 5.01 Å². The first-order valence-corrected chi connectivity index (χ1v) is 11.2. The van der Waals surface area contributed by atoms with Crippen molar-refractivity contribution in [2.45, 2.75) is 26.8 Å². The predicted octanol–water partition coefficient (Wildman–Crippen LogP) is 4.18. The number of benzene rings is 2. The number of nitrogens with one attached hydrogen (secondary N) is 2. The molecule has 0 saturated carbocycles. The number of aromatic nitrogens is 4. The van der Waals surface area contributed by atoms with Gasteiger partial charge >= 0.3 is 0 Å². The van der Waals surface area contributed by atoms with Crippen LogP contribution in [0.15, 0.2) is 42.5 Å². The van der Waals surface area contributed by atoms with Gasteiger partial charge in [-0.3, -0.25) is 10.1 Å². The second-order valence-corrected chi connectivity index (χ2v) is 8.66. The molecule has 0 saturated heterocycles. The summed E-state index contributed by atoms with van der Waals surface area (Å²) in [5.41, 5.74) is 3.40. The molecule has 0 unspecified atom stereocenters. The summed E-state index contributed by atoms with van der Waals surface area (Å²) in [6, 6.07) is 13.2. The fourth-order valence-corrected chi connectivity index (χ4v) is 4.31. The molecule has 0 atom stereocenters. The van der Waals surface area contributed by atoms with Crippen molar-refractivity contribution in [2.75, 3.05) is 0 Å². The molecule has 1 amide bonds. The lowest BCUT2D eigenvalue weighted by atomic mass is 10.1. The normalized spacial score (nSPS) is 10.9. The quantitative estimate of drug-likeness (QED) is 0.426. The van der Waals surface area contributed by atoms with Gasteiger partial charge in [0.2, 0.25) is 4.96 Å². The van der Waals surface area contributed by atoms with Crippen LogP contribution in [0, 0.1) is 6.92 Å². The van der Waals surface area contributed by atoms with E-state index in [0.717, 1.165) is 38.9 Å². The van der Waals surface area contributed by atoms with Gasteiger partial charge < -0.3 is 5.32 Å². The Bertz CT molecular complexity index is 1260. The van der Waals surface area contributed by atoms with Crippen LogP contribution in [0.1, 0.15) is 34.2 Å². The number of nitrogens with zero attached hydrogens (tertiary/aromatic N) is 4. The van der Waals surface area contributed by atoms with Crippen LogP contribution >= 0.6 is 35.2 Å². The third kappa shape index (κ3) is 4.73. The highest BCUT2D eigenvalue weighted by molar-refractivity contribution is 7.80. The molecule has 4 aromatic rings. The number of hydrogen-bond acceptors (Lipinski definition) is 6. The maximum atomic E-state index is 12.4. The number of thiocarbonyl (C=S) groups is 1. The van der Waals surface area contributed by atoms with Crippen LogP contribution in [-0.2, 0) is 13.0 Å². The van der Waals surface area contributed by atoms with Gasteiger partial charge in [-0.2, -0.15) is 9.61 Å². The first-order valence-electron chi connectivity index (χ1n) is 9.60. The van der Waals surface area contributed by atoms with Crippen molar-refractivity contribution in [3.05, 3.63) is 70.0 Å². The molecule has 0 aliphatic carbocycles. The zero-order valence-electron chi connectivity index (χ0n) is 16.8. The SMILES string of the molecule is CCc1nnc2sc(-c3ccc(CNC(=S)NC(=O)c4ccc(C)cc4Cl)cc3)nn12. The van der Waals surface area contributed by atoms with Crippen LogP contribution in [0.3, 0.4) is 0 Å². The molecule has 0 radical (unpaired) electrons. The van der Waals surface area contributed by atoms with Crippen LogP contribution in [0.5, 0.6) is 0 Å². The second-order valence-electron chi connectivity index (χ2n) is 6.89. The molecule has 0 aliphatic heterocycles. The Kier molecular flexibility index (Phi) is 6.26. The standard InChI is InChI=1S/C21H19ClN6OS2/c1-3-17-25-26-21-28(17)27-19(31-21)14-7-5-13(6-8-14)11-23-20(30)24-18(29)15-9-4-12(2)10-16(15)22/h4-10H,3,11H2,1-2H3,(H2,23,24,29,30). The van der Waals surface area contributed by atoms with E-state index < -0.39 is 0 Å².